The summed E-state index contributed by atoms with van der Waals surface area (Å²) in [6.07, 6.45) is 12.5. The number of carbonyl (C=O) groups is 2. The average molecular weight is 401 g/mol. The third-order valence-electron chi connectivity index (χ3n) is 4.85. The van der Waals surface area contributed by atoms with Crippen molar-refractivity contribution in [2.75, 3.05) is 0 Å². The molecule has 0 spiro atoms. The highest BCUT2D eigenvalue weighted by Crippen LogP contribution is 2.34. The van der Waals surface area contributed by atoms with E-state index >= 15 is 0 Å². The molecule has 0 saturated heterocycles. The Labute approximate surface area is 169 Å². The predicted molar refractivity (Wildman–Crippen MR) is 109 cm³/mol. The van der Waals surface area contributed by atoms with Gasteiger partial charge in [-0.05, 0) is 79.4 Å². The van der Waals surface area contributed by atoms with E-state index in [1.807, 2.05) is 0 Å². The van der Waals surface area contributed by atoms with Crippen LogP contribution < -0.4 is 5.73 Å². The highest BCUT2D eigenvalue weighted by Gasteiger charge is 2.17. The standard InChI is InChI=1S/C13H16O2.C9H11NO4/c14-13(15)9-12(10-5-1-2-6-10)11-7-3-4-8-11;10-6(9(13)14)3-5-1-2-7(11)8(12)4-5/h5,7,9H,1-4,6,8H2,(H,14,15);1-2,4,6,11-12H,3,10H2,(H,13,14)/t;6-/m.0/s1. The molecule has 29 heavy (non-hydrogen) atoms. The number of phenols is 2. The van der Waals surface area contributed by atoms with Crippen LogP contribution in [0.5, 0.6) is 11.5 Å². The molecule has 1 aromatic carbocycles. The minimum atomic E-state index is -1.10. The Hall–Kier alpha value is -3.06. The Morgan fingerprint density at radius 2 is 1.59 bits per heavy atom. The summed E-state index contributed by atoms with van der Waals surface area (Å²) in [7, 11) is 0. The smallest absolute Gasteiger partial charge is 0.328 e. The van der Waals surface area contributed by atoms with Gasteiger partial charge < -0.3 is 26.2 Å². The van der Waals surface area contributed by atoms with Crippen LogP contribution in [-0.4, -0.2) is 38.4 Å². The van der Waals surface area contributed by atoms with Gasteiger partial charge in [0.05, 0.1) is 0 Å². The highest BCUT2D eigenvalue weighted by atomic mass is 16.4. The van der Waals surface area contributed by atoms with Crippen LogP contribution in [-0.2, 0) is 16.0 Å². The molecule has 3 rings (SSSR count). The van der Waals surface area contributed by atoms with E-state index in [9.17, 15) is 9.59 Å². The Balaban J connectivity index is 0.000000208. The number of benzene rings is 1. The normalized spacial score (nSPS) is 16.2. The van der Waals surface area contributed by atoms with Crippen LogP contribution in [0.2, 0.25) is 0 Å². The average Bonchev–Trinajstić information content (AvgIpc) is 3.37. The van der Waals surface area contributed by atoms with Gasteiger partial charge in [0.25, 0.3) is 0 Å². The first-order valence-corrected chi connectivity index (χ1v) is 9.60. The van der Waals surface area contributed by atoms with E-state index in [1.165, 1.54) is 48.3 Å². The summed E-state index contributed by atoms with van der Waals surface area (Å²) in [5.74, 6) is -2.44. The number of carboxylic acids is 2. The minimum Gasteiger partial charge on any atom is -0.504 e. The van der Waals surface area contributed by atoms with Crippen molar-refractivity contribution in [1.29, 1.82) is 0 Å². The maximum absolute atomic E-state index is 10.8. The fourth-order valence-electron chi connectivity index (χ4n) is 3.38. The summed E-state index contributed by atoms with van der Waals surface area (Å²) in [4.78, 5) is 21.2. The number of phenolic OH excluding ortho intramolecular Hbond substituents is 2. The van der Waals surface area contributed by atoms with Crippen LogP contribution in [0.25, 0.3) is 0 Å². The van der Waals surface area contributed by atoms with E-state index in [-0.39, 0.29) is 17.9 Å². The lowest BCUT2D eigenvalue weighted by Crippen LogP contribution is -2.32. The summed E-state index contributed by atoms with van der Waals surface area (Å²) in [6, 6.07) is 3.09. The van der Waals surface area contributed by atoms with E-state index in [4.69, 9.17) is 26.2 Å². The lowest BCUT2D eigenvalue weighted by atomic mass is 9.96. The Bertz CT molecular complexity index is 827. The van der Waals surface area contributed by atoms with Gasteiger partial charge in [0, 0.05) is 6.08 Å². The molecule has 0 radical (unpaired) electrons. The third kappa shape index (κ3) is 6.80. The molecular weight excluding hydrogens is 374 g/mol. The summed E-state index contributed by atoms with van der Waals surface area (Å²) < 4.78 is 0. The van der Waals surface area contributed by atoms with Gasteiger partial charge in [-0.2, -0.15) is 0 Å². The molecule has 0 heterocycles. The molecule has 0 aliphatic heterocycles. The van der Waals surface area contributed by atoms with Gasteiger partial charge in [0.1, 0.15) is 6.04 Å². The Morgan fingerprint density at radius 3 is 2.00 bits per heavy atom. The molecule has 0 unspecified atom stereocenters. The highest BCUT2D eigenvalue weighted by molar-refractivity contribution is 5.83. The van der Waals surface area contributed by atoms with E-state index in [2.05, 4.69) is 12.2 Å². The van der Waals surface area contributed by atoms with Crippen molar-refractivity contribution in [3.05, 3.63) is 58.7 Å². The van der Waals surface area contributed by atoms with E-state index in [0.29, 0.717) is 5.56 Å². The molecule has 0 saturated carbocycles. The number of nitrogens with two attached hydrogens (primary N) is 1. The number of hydrogen-bond acceptors (Lipinski definition) is 5. The van der Waals surface area contributed by atoms with Crippen LogP contribution in [0, 0.1) is 0 Å². The van der Waals surface area contributed by atoms with E-state index in [0.717, 1.165) is 31.3 Å². The number of rotatable bonds is 6. The van der Waals surface area contributed by atoms with Crippen molar-refractivity contribution >= 4 is 11.9 Å². The largest absolute Gasteiger partial charge is 0.504 e. The maximum Gasteiger partial charge on any atom is 0.328 e. The second kappa shape index (κ2) is 10.5. The van der Waals surface area contributed by atoms with Gasteiger partial charge >= 0.3 is 11.9 Å². The number of carboxylic acid groups (broad SMARTS) is 2. The molecule has 7 nitrogen and oxygen atoms in total. The number of aliphatic carboxylic acids is 2. The molecule has 0 fully saturated rings. The number of aromatic hydroxyl groups is 2. The summed E-state index contributed by atoms with van der Waals surface area (Å²) >= 11 is 0. The Morgan fingerprint density at radius 1 is 1.00 bits per heavy atom. The molecule has 0 bridgehead atoms. The molecular formula is C22H27NO6. The van der Waals surface area contributed by atoms with Crippen LogP contribution in [0.3, 0.4) is 0 Å². The van der Waals surface area contributed by atoms with Crippen LogP contribution in [0.15, 0.2) is 53.1 Å². The van der Waals surface area contributed by atoms with Crippen molar-refractivity contribution in [3.8, 4) is 11.5 Å². The lowest BCUT2D eigenvalue weighted by Gasteiger charge is -2.09. The molecule has 6 N–H and O–H groups in total. The third-order valence-corrected chi connectivity index (χ3v) is 4.85. The van der Waals surface area contributed by atoms with Crippen LogP contribution >= 0.6 is 0 Å². The number of hydrogen-bond donors (Lipinski definition) is 5. The minimum absolute atomic E-state index is 0.114. The fraction of sp³-hybridized carbons (Fsp3) is 0.364. The van der Waals surface area contributed by atoms with Gasteiger partial charge in [-0.25, -0.2) is 4.79 Å². The van der Waals surface area contributed by atoms with Crippen molar-refractivity contribution < 1.29 is 30.0 Å². The zero-order chi connectivity index (χ0) is 21.4. The molecule has 1 atom stereocenters. The first-order valence-electron chi connectivity index (χ1n) is 9.60. The summed E-state index contributed by atoms with van der Waals surface area (Å²) in [5.41, 5.74) is 9.32. The molecule has 156 valence electrons. The monoisotopic (exact) mass is 401 g/mol. The predicted octanol–water partition coefficient (Wildman–Crippen LogP) is 3.27. The van der Waals surface area contributed by atoms with E-state index < -0.39 is 18.0 Å². The molecule has 1 aromatic rings. The molecule has 2 aliphatic rings. The van der Waals surface area contributed by atoms with Crippen molar-refractivity contribution in [1.82, 2.24) is 0 Å². The zero-order valence-corrected chi connectivity index (χ0v) is 16.2. The van der Waals surface area contributed by atoms with Gasteiger partial charge in [-0.1, -0.05) is 18.2 Å². The summed E-state index contributed by atoms with van der Waals surface area (Å²) in [6.45, 7) is 0. The first-order chi connectivity index (χ1) is 13.8. The van der Waals surface area contributed by atoms with Crippen molar-refractivity contribution in [3.63, 3.8) is 0 Å². The second-order valence-electron chi connectivity index (χ2n) is 7.11. The fourth-order valence-corrected chi connectivity index (χ4v) is 3.38. The first kappa shape index (κ1) is 22.2. The molecule has 0 amide bonds. The van der Waals surface area contributed by atoms with Crippen LogP contribution in [0.1, 0.15) is 44.1 Å². The molecule has 7 heteroatoms. The second-order valence-corrected chi connectivity index (χ2v) is 7.11. The summed E-state index contributed by atoms with van der Waals surface area (Å²) in [5, 5.41) is 35.5. The van der Waals surface area contributed by atoms with Crippen LogP contribution in [0.4, 0.5) is 0 Å². The molecule has 0 aromatic heterocycles. The lowest BCUT2D eigenvalue weighted by molar-refractivity contribution is -0.138. The van der Waals surface area contributed by atoms with Gasteiger partial charge in [0.15, 0.2) is 11.5 Å². The quantitative estimate of drug-likeness (QED) is 0.364. The van der Waals surface area contributed by atoms with Gasteiger partial charge in [-0.3, -0.25) is 4.79 Å². The van der Waals surface area contributed by atoms with Gasteiger partial charge in [-0.15, -0.1) is 0 Å². The number of allylic oxidation sites excluding steroid dienone is 5. The van der Waals surface area contributed by atoms with Gasteiger partial charge in [0.2, 0.25) is 0 Å². The Kier molecular flexibility index (Phi) is 8.03. The van der Waals surface area contributed by atoms with Crippen molar-refractivity contribution in [2.24, 2.45) is 5.73 Å². The van der Waals surface area contributed by atoms with E-state index in [1.54, 1.807) is 0 Å². The zero-order valence-electron chi connectivity index (χ0n) is 16.2. The van der Waals surface area contributed by atoms with Crippen molar-refractivity contribution in [2.45, 2.75) is 51.0 Å². The topological polar surface area (TPSA) is 141 Å². The SMILES string of the molecule is N[C@@H](Cc1ccc(O)c(O)c1)C(=O)O.O=C(O)C=C(C1=CCCC1)C1=CCCC1. The molecule has 2 aliphatic carbocycles. The maximum atomic E-state index is 10.8.